The minimum Gasteiger partial charge on any atom is -0.383 e. The lowest BCUT2D eigenvalue weighted by atomic mass is 9.79. The average molecular weight is 317 g/mol. The molecule has 1 aromatic heterocycles. The Labute approximate surface area is 134 Å². The third kappa shape index (κ3) is 2.98. The van der Waals surface area contributed by atoms with Crippen LogP contribution in [0.15, 0.2) is 42.6 Å². The third-order valence-corrected chi connectivity index (χ3v) is 4.28. The summed E-state index contributed by atoms with van der Waals surface area (Å²) in [5.41, 5.74) is 1.33. The lowest BCUT2D eigenvalue weighted by Gasteiger charge is -2.34. The normalized spacial score (nSPS) is 20.3. The van der Waals surface area contributed by atoms with Crippen LogP contribution in [-0.4, -0.2) is 22.5 Å². The molecule has 4 nitrogen and oxygen atoms in total. The van der Waals surface area contributed by atoms with Crippen LogP contribution in [-0.2, 0) is 12.0 Å². The van der Waals surface area contributed by atoms with E-state index in [2.05, 4.69) is 10.3 Å². The summed E-state index contributed by atoms with van der Waals surface area (Å²) in [6, 6.07) is 11.0. The minimum absolute atomic E-state index is 0.174. The molecule has 0 aliphatic heterocycles. The second-order valence-corrected chi connectivity index (χ2v) is 6.02. The number of benzene rings is 1. The van der Waals surface area contributed by atoms with E-state index in [1.54, 1.807) is 12.1 Å². The zero-order chi connectivity index (χ0) is 15.6. The summed E-state index contributed by atoms with van der Waals surface area (Å²) >= 11 is 5.76. The number of halogens is 1. The van der Waals surface area contributed by atoms with Crippen LogP contribution in [0, 0.1) is 0 Å². The predicted molar refractivity (Wildman–Crippen MR) is 84.9 cm³/mol. The fraction of sp³-hybridized carbons (Fsp3) is 0.294. The van der Waals surface area contributed by atoms with Gasteiger partial charge in [-0.3, -0.25) is 4.79 Å². The van der Waals surface area contributed by atoms with Gasteiger partial charge in [0.1, 0.15) is 11.3 Å². The second kappa shape index (κ2) is 6.07. The minimum atomic E-state index is -1.02. The first-order valence-electron chi connectivity index (χ1n) is 7.29. The van der Waals surface area contributed by atoms with Crippen molar-refractivity contribution >= 4 is 17.5 Å². The highest BCUT2D eigenvalue weighted by atomic mass is 35.5. The van der Waals surface area contributed by atoms with Crippen molar-refractivity contribution in [1.29, 1.82) is 0 Å². The highest BCUT2D eigenvalue weighted by Crippen LogP contribution is 2.34. The molecule has 1 amide bonds. The summed E-state index contributed by atoms with van der Waals surface area (Å²) in [7, 11) is 0. The number of carbonyl (C=O) groups is 1. The Bertz CT molecular complexity index is 687. The van der Waals surface area contributed by atoms with Gasteiger partial charge in [0.25, 0.3) is 5.91 Å². The first-order valence-corrected chi connectivity index (χ1v) is 7.67. The summed E-state index contributed by atoms with van der Waals surface area (Å²) in [6.07, 6.45) is 3.94. The fourth-order valence-electron chi connectivity index (χ4n) is 2.91. The molecule has 0 bridgehead atoms. The molecular formula is C17H17ClN2O2. The lowest BCUT2D eigenvalue weighted by molar-refractivity contribution is 0.0189. The van der Waals surface area contributed by atoms with Gasteiger partial charge in [0, 0.05) is 6.20 Å². The molecule has 1 aliphatic rings. The van der Waals surface area contributed by atoms with Crippen LogP contribution in [0.4, 0.5) is 0 Å². The van der Waals surface area contributed by atoms with Crippen LogP contribution < -0.4 is 5.32 Å². The number of amides is 1. The Morgan fingerprint density at radius 1 is 1.32 bits per heavy atom. The Kier molecular flexibility index (Phi) is 4.14. The van der Waals surface area contributed by atoms with Crippen LogP contribution in [0.25, 0.3) is 0 Å². The molecule has 2 N–H and O–H groups in total. The number of fused-ring (bicyclic) bond motifs is 1. The zero-order valence-corrected chi connectivity index (χ0v) is 12.8. The predicted octanol–water partition coefficient (Wildman–Crippen LogP) is 2.69. The van der Waals surface area contributed by atoms with Gasteiger partial charge in [-0.25, -0.2) is 4.98 Å². The maximum Gasteiger partial charge on any atom is 0.269 e. The molecule has 1 aliphatic carbocycles. The Morgan fingerprint density at radius 2 is 2.14 bits per heavy atom. The lowest BCUT2D eigenvalue weighted by Crippen LogP contribution is -2.43. The average Bonchev–Trinajstić information content (AvgIpc) is 2.54. The molecule has 0 spiro atoms. The van der Waals surface area contributed by atoms with Gasteiger partial charge < -0.3 is 10.4 Å². The van der Waals surface area contributed by atoms with E-state index in [1.807, 2.05) is 24.3 Å². The summed E-state index contributed by atoms with van der Waals surface area (Å²) < 4.78 is 0. The molecular weight excluding hydrogens is 300 g/mol. The van der Waals surface area contributed by atoms with Crippen molar-refractivity contribution in [2.24, 2.45) is 0 Å². The summed E-state index contributed by atoms with van der Waals surface area (Å²) in [4.78, 5) is 16.1. The first-order chi connectivity index (χ1) is 10.6. The van der Waals surface area contributed by atoms with Crippen molar-refractivity contribution in [3.63, 3.8) is 0 Å². The van der Waals surface area contributed by atoms with Gasteiger partial charge in [-0.2, -0.15) is 0 Å². The van der Waals surface area contributed by atoms with E-state index < -0.39 is 5.60 Å². The monoisotopic (exact) mass is 316 g/mol. The number of pyridine rings is 1. The number of aromatic nitrogens is 1. The molecule has 2 aromatic rings. The number of rotatable bonds is 3. The number of hydrogen-bond acceptors (Lipinski definition) is 3. The number of nitrogens with zero attached hydrogens (tertiary/aromatic N) is 1. The third-order valence-electron chi connectivity index (χ3n) is 4.06. The number of aryl methyl sites for hydroxylation is 1. The van der Waals surface area contributed by atoms with E-state index in [1.165, 1.54) is 6.20 Å². The fourth-order valence-corrected chi connectivity index (χ4v) is 3.02. The molecule has 1 unspecified atom stereocenters. The van der Waals surface area contributed by atoms with Crippen molar-refractivity contribution in [3.8, 4) is 0 Å². The van der Waals surface area contributed by atoms with Gasteiger partial charge in [-0.05, 0) is 42.5 Å². The number of nitrogens with one attached hydrogen (secondary N) is 1. The number of aliphatic hydroxyl groups is 1. The van der Waals surface area contributed by atoms with Crippen molar-refractivity contribution in [2.45, 2.75) is 24.9 Å². The largest absolute Gasteiger partial charge is 0.383 e. The topological polar surface area (TPSA) is 62.2 Å². The highest BCUT2D eigenvalue weighted by Gasteiger charge is 2.34. The van der Waals surface area contributed by atoms with Crippen molar-refractivity contribution in [3.05, 3.63) is 64.4 Å². The van der Waals surface area contributed by atoms with Gasteiger partial charge in [0.05, 0.1) is 11.6 Å². The Hall–Kier alpha value is -1.91. The molecule has 114 valence electrons. The van der Waals surface area contributed by atoms with Crippen molar-refractivity contribution in [1.82, 2.24) is 10.3 Å². The first kappa shape index (κ1) is 15.0. The van der Waals surface area contributed by atoms with E-state index in [0.29, 0.717) is 11.4 Å². The molecule has 5 heteroatoms. The smallest absolute Gasteiger partial charge is 0.269 e. The summed E-state index contributed by atoms with van der Waals surface area (Å²) in [5, 5.41) is 14.2. The van der Waals surface area contributed by atoms with Crippen molar-refractivity contribution in [2.75, 3.05) is 6.54 Å². The maximum absolute atomic E-state index is 12.1. The van der Waals surface area contributed by atoms with Crippen LogP contribution in [0.2, 0.25) is 5.02 Å². The summed E-state index contributed by atoms with van der Waals surface area (Å²) in [5.74, 6) is -0.312. The Balaban J connectivity index is 1.73. The zero-order valence-electron chi connectivity index (χ0n) is 12.1. The van der Waals surface area contributed by atoms with Gasteiger partial charge in [0.15, 0.2) is 0 Å². The Morgan fingerprint density at radius 3 is 2.91 bits per heavy atom. The highest BCUT2D eigenvalue weighted by molar-refractivity contribution is 6.30. The standard InChI is InChI=1S/C17H17ClN2O2/c18-13-7-8-15(19-10-13)16(21)20-11-17(22)9-3-5-12-4-1-2-6-14(12)17/h1-2,4,6-8,10,22H,3,5,9,11H2,(H,20,21). The molecule has 0 fully saturated rings. The molecule has 1 aromatic carbocycles. The van der Waals surface area contributed by atoms with E-state index in [0.717, 1.165) is 24.0 Å². The molecule has 3 rings (SSSR count). The van der Waals surface area contributed by atoms with Crippen LogP contribution in [0.3, 0.4) is 0 Å². The molecule has 1 heterocycles. The molecule has 0 saturated heterocycles. The van der Waals surface area contributed by atoms with Crippen LogP contribution >= 0.6 is 11.6 Å². The SMILES string of the molecule is O=C(NCC1(O)CCCc2ccccc21)c1ccc(Cl)cn1. The van der Waals surface area contributed by atoms with Gasteiger partial charge in [-0.15, -0.1) is 0 Å². The molecule has 22 heavy (non-hydrogen) atoms. The van der Waals surface area contributed by atoms with Gasteiger partial charge in [-0.1, -0.05) is 35.9 Å². The van der Waals surface area contributed by atoms with Crippen LogP contribution in [0.1, 0.15) is 34.5 Å². The van der Waals surface area contributed by atoms with E-state index >= 15 is 0 Å². The second-order valence-electron chi connectivity index (χ2n) is 5.59. The van der Waals surface area contributed by atoms with Crippen molar-refractivity contribution < 1.29 is 9.90 Å². The summed E-state index contributed by atoms with van der Waals surface area (Å²) in [6.45, 7) is 0.174. The molecule has 0 radical (unpaired) electrons. The quantitative estimate of drug-likeness (QED) is 0.915. The van der Waals surface area contributed by atoms with E-state index in [-0.39, 0.29) is 18.1 Å². The van der Waals surface area contributed by atoms with E-state index in [4.69, 9.17) is 11.6 Å². The molecule has 1 atom stereocenters. The molecule has 0 saturated carbocycles. The van der Waals surface area contributed by atoms with E-state index in [9.17, 15) is 9.90 Å². The number of carbonyl (C=O) groups excluding carboxylic acids is 1. The maximum atomic E-state index is 12.1. The van der Waals surface area contributed by atoms with Gasteiger partial charge >= 0.3 is 0 Å². The van der Waals surface area contributed by atoms with Gasteiger partial charge in [0.2, 0.25) is 0 Å². The number of hydrogen-bond donors (Lipinski definition) is 2. The van der Waals surface area contributed by atoms with Crippen LogP contribution in [0.5, 0.6) is 0 Å².